The number of aliphatic carboxylic acids is 1. The Morgan fingerprint density at radius 3 is 2.46 bits per heavy atom. The van der Waals surface area contributed by atoms with Crippen molar-refractivity contribution >= 4 is 17.6 Å². The highest BCUT2D eigenvalue weighted by molar-refractivity contribution is 6.06. The highest BCUT2D eigenvalue weighted by Gasteiger charge is 2.12. The van der Waals surface area contributed by atoms with Crippen LogP contribution in [-0.2, 0) is 16.0 Å². The molecule has 0 bridgehead atoms. The summed E-state index contributed by atoms with van der Waals surface area (Å²) in [5.41, 5.74) is 1.99. The number of carbonyl (C=O) groups is 2. The van der Waals surface area contributed by atoms with Crippen molar-refractivity contribution in [3.05, 3.63) is 59.7 Å². The Kier molecular flexibility index (Phi) is 7.64. The average Bonchev–Trinajstić information content (AvgIpc) is 2.65. The lowest BCUT2D eigenvalue weighted by molar-refractivity contribution is -0.136. The number of para-hydroxylation sites is 1. The Balaban J connectivity index is 1.97. The molecule has 0 radical (unpaired) electrons. The summed E-state index contributed by atoms with van der Waals surface area (Å²) in [4.78, 5) is 23.1. The van der Waals surface area contributed by atoms with Crippen LogP contribution in [0.1, 0.15) is 29.3 Å². The zero-order chi connectivity index (χ0) is 18.8. The maximum Gasteiger partial charge on any atom is 0.303 e. The Morgan fingerprint density at radius 2 is 1.77 bits per heavy atom. The molecule has 1 amide bonds. The van der Waals surface area contributed by atoms with Crippen molar-refractivity contribution in [3.63, 3.8) is 0 Å². The first-order valence-corrected chi connectivity index (χ1v) is 8.51. The Hall–Kier alpha value is -2.86. The van der Waals surface area contributed by atoms with Crippen LogP contribution in [0.15, 0.2) is 48.5 Å². The van der Waals surface area contributed by atoms with Crippen molar-refractivity contribution in [2.75, 3.05) is 25.1 Å². The number of amides is 1. The average molecular weight is 357 g/mol. The van der Waals surface area contributed by atoms with Crippen molar-refractivity contribution in [1.82, 2.24) is 0 Å². The molecule has 0 aromatic heterocycles. The second-order valence-corrected chi connectivity index (χ2v) is 5.59. The lowest BCUT2D eigenvalue weighted by Gasteiger charge is -2.12. The van der Waals surface area contributed by atoms with E-state index < -0.39 is 5.97 Å². The van der Waals surface area contributed by atoms with Crippen LogP contribution in [0, 0.1) is 0 Å². The molecule has 138 valence electrons. The molecule has 0 aliphatic heterocycles. The minimum Gasteiger partial charge on any atom is -0.490 e. The second-order valence-electron chi connectivity index (χ2n) is 5.59. The van der Waals surface area contributed by atoms with Crippen molar-refractivity contribution in [2.45, 2.75) is 19.8 Å². The van der Waals surface area contributed by atoms with Crippen LogP contribution in [0.25, 0.3) is 0 Å². The highest BCUT2D eigenvalue weighted by Crippen LogP contribution is 2.20. The van der Waals surface area contributed by atoms with E-state index in [0.717, 1.165) is 5.56 Å². The molecule has 0 saturated carbocycles. The van der Waals surface area contributed by atoms with Gasteiger partial charge in [-0.15, -0.1) is 0 Å². The first kappa shape index (κ1) is 19.5. The lowest BCUT2D eigenvalue weighted by Crippen LogP contribution is -2.15. The lowest BCUT2D eigenvalue weighted by atomic mass is 10.1. The van der Waals surface area contributed by atoms with Gasteiger partial charge in [-0.2, -0.15) is 0 Å². The van der Waals surface area contributed by atoms with E-state index in [1.54, 1.807) is 30.3 Å². The number of aryl methyl sites for hydroxylation is 1. The third kappa shape index (κ3) is 6.22. The van der Waals surface area contributed by atoms with Gasteiger partial charge >= 0.3 is 5.97 Å². The molecule has 0 unspecified atom stereocenters. The fourth-order valence-electron chi connectivity index (χ4n) is 2.34. The molecule has 2 aromatic rings. The van der Waals surface area contributed by atoms with Gasteiger partial charge in [0.2, 0.25) is 0 Å². The molecule has 0 saturated heterocycles. The molecule has 0 fully saturated rings. The SMILES string of the molecule is CCOCCOc1ccccc1C(=O)Nc1ccc(CCC(=O)O)cc1. The summed E-state index contributed by atoms with van der Waals surface area (Å²) in [6.07, 6.45) is 0.540. The topological polar surface area (TPSA) is 84.9 Å². The molecule has 0 heterocycles. The molecule has 0 spiro atoms. The number of nitrogens with one attached hydrogen (secondary N) is 1. The van der Waals surface area contributed by atoms with Gasteiger partial charge in [0.15, 0.2) is 0 Å². The summed E-state index contributed by atoms with van der Waals surface area (Å²) in [6.45, 7) is 3.36. The fraction of sp³-hybridized carbons (Fsp3) is 0.300. The molecule has 6 heteroatoms. The van der Waals surface area contributed by atoms with Gasteiger partial charge in [0, 0.05) is 18.7 Å². The molecule has 2 rings (SSSR count). The van der Waals surface area contributed by atoms with E-state index in [1.807, 2.05) is 25.1 Å². The zero-order valence-corrected chi connectivity index (χ0v) is 14.7. The van der Waals surface area contributed by atoms with Crippen molar-refractivity contribution in [1.29, 1.82) is 0 Å². The summed E-state index contributed by atoms with van der Waals surface area (Å²) in [7, 11) is 0. The summed E-state index contributed by atoms with van der Waals surface area (Å²) < 4.78 is 10.9. The predicted octanol–water partition coefficient (Wildman–Crippen LogP) is 3.37. The second kappa shape index (κ2) is 10.2. The van der Waals surface area contributed by atoms with E-state index in [1.165, 1.54) is 0 Å². The first-order chi connectivity index (χ1) is 12.6. The summed E-state index contributed by atoms with van der Waals surface area (Å²) in [6, 6.07) is 14.2. The Bertz CT molecular complexity index is 727. The van der Waals surface area contributed by atoms with Gasteiger partial charge < -0.3 is 19.9 Å². The molecular formula is C20H23NO5. The van der Waals surface area contributed by atoms with Crippen molar-refractivity contribution in [3.8, 4) is 5.75 Å². The number of benzene rings is 2. The monoisotopic (exact) mass is 357 g/mol. The van der Waals surface area contributed by atoms with E-state index in [9.17, 15) is 9.59 Å². The van der Waals surface area contributed by atoms with Gasteiger partial charge in [-0.05, 0) is 43.2 Å². The molecule has 0 aliphatic rings. The van der Waals surface area contributed by atoms with Crippen molar-refractivity contribution < 1.29 is 24.2 Å². The van der Waals surface area contributed by atoms with Crippen LogP contribution < -0.4 is 10.1 Å². The summed E-state index contributed by atoms with van der Waals surface area (Å²) in [5, 5.41) is 11.5. The largest absolute Gasteiger partial charge is 0.490 e. The Labute approximate surface area is 152 Å². The van der Waals surface area contributed by atoms with E-state index in [-0.39, 0.29) is 12.3 Å². The number of rotatable bonds is 10. The number of hydrogen-bond acceptors (Lipinski definition) is 4. The van der Waals surface area contributed by atoms with Crippen LogP contribution >= 0.6 is 0 Å². The van der Waals surface area contributed by atoms with E-state index >= 15 is 0 Å². The molecule has 2 aromatic carbocycles. The van der Waals surface area contributed by atoms with Gasteiger partial charge in [0.05, 0.1) is 12.2 Å². The fourth-order valence-corrected chi connectivity index (χ4v) is 2.34. The van der Waals surface area contributed by atoms with E-state index in [2.05, 4.69) is 5.32 Å². The van der Waals surface area contributed by atoms with Crippen LogP contribution in [-0.4, -0.2) is 36.8 Å². The van der Waals surface area contributed by atoms with Crippen LogP contribution in [0.4, 0.5) is 5.69 Å². The van der Waals surface area contributed by atoms with Crippen LogP contribution in [0.3, 0.4) is 0 Å². The molecule has 0 aliphatic carbocycles. The number of ether oxygens (including phenoxy) is 2. The molecule has 2 N–H and O–H groups in total. The number of anilines is 1. The number of carboxylic acid groups (broad SMARTS) is 1. The quantitative estimate of drug-likeness (QED) is 0.637. The summed E-state index contributed by atoms with van der Waals surface area (Å²) in [5.74, 6) is -0.596. The number of carboxylic acids is 1. The van der Waals surface area contributed by atoms with E-state index in [4.69, 9.17) is 14.6 Å². The molecular weight excluding hydrogens is 334 g/mol. The smallest absolute Gasteiger partial charge is 0.303 e. The van der Waals surface area contributed by atoms with Crippen molar-refractivity contribution in [2.24, 2.45) is 0 Å². The normalized spacial score (nSPS) is 10.3. The summed E-state index contributed by atoms with van der Waals surface area (Å²) >= 11 is 0. The Morgan fingerprint density at radius 1 is 1.04 bits per heavy atom. The third-order valence-corrected chi connectivity index (χ3v) is 3.66. The van der Waals surface area contributed by atoms with Gasteiger partial charge in [-0.1, -0.05) is 24.3 Å². The van der Waals surface area contributed by atoms with Crippen LogP contribution in [0.2, 0.25) is 0 Å². The molecule has 0 atom stereocenters. The maximum absolute atomic E-state index is 12.5. The van der Waals surface area contributed by atoms with Gasteiger partial charge in [-0.25, -0.2) is 0 Å². The zero-order valence-electron chi connectivity index (χ0n) is 14.7. The van der Waals surface area contributed by atoms with Gasteiger partial charge in [0.1, 0.15) is 12.4 Å². The highest BCUT2D eigenvalue weighted by atomic mass is 16.5. The number of carbonyl (C=O) groups excluding carboxylic acids is 1. The maximum atomic E-state index is 12.5. The first-order valence-electron chi connectivity index (χ1n) is 8.51. The van der Waals surface area contributed by atoms with Gasteiger partial charge in [0.25, 0.3) is 5.91 Å². The predicted molar refractivity (Wildman–Crippen MR) is 98.8 cm³/mol. The third-order valence-electron chi connectivity index (χ3n) is 3.66. The molecule has 6 nitrogen and oxygen atoms in total. The van der Waals surface area contributed by atoms with Crippen LogP contribution in [0.5, 0.6) is 5.75 Å². The standard InChI is InChI=1S/C20H23NO5/c1-2-25-13-14-26-18-6-4-3-5-17(18)20(24)21-16-10-7-15(8-11-16)9-12-19(22)23/h3-8,10-11H,2,9,12-14H2,1H3,(H,21,24)(H,22,23). The molecule has 26 heavy (non-hydrogen) atoms. The minimum atomic E-state index is -0.830. The van der Waals surface area contributed by atoms with Gasteiger partial charge in [-0.3, -0.25) is 9.59 Å². The minimum absolute atomic E-state index is 0.0815. The van der Waals surface area contributed by atoms with E-state index in [0.29, 0.717) is 43.2 Å². The number of hydrogen-bond donors (Lipinski definition) is 2.